The summed E-state index contributed by atoms with van der Waals surface area (Å²) in [6.45, 7) is -0.384. The number of sulfonamides is 1. The van der Waals surface area contributed by atoms with Gasteiger partial charge in [0, 0.05) is 0 Å². The summed E-state index contributed by atoms with van der Waals surface area (Å²) in [5, 5.41) is 10.7. The molecule has 0 saturated heterocycles. The molecule has 1 aromatic heterocycles. The second-order valence-corrected chi connectivity index (χ2v) is 6.65. The highest BCUT2D eigenvalue weighted by atomic mass is 35.5. The number of rotatable bonds is 4. The lowest BCUT2D eigenvalue weighted by molar-refractivity contribution is 0.282. The average Bonchev–Trinajstić information content (AvgIpc) is 2.82. The van der Waals surface area contributed by atoms with Crippen molar-refractivity contribution < 1.29 is 17.9 Å². The van der Waals surface area contributed by atoms with E-state index in [-0.39, 0.29) is 22.2 Å². The smallest absolute Gasteiger partial charge is 0.263 e. The van der Waals surface area contributed by atoms with E-state index in [2.05, 4.69) is 4.72 Å². The number of thiophene rings is 1. The zero-order valence-electron chi connectivity index (χ0n) is 9.43. The molecule has 0 aliphatic heterocycles. The third-order valence-corrected chi connectivity index (χ3v) is 5.13. The summed E-state index contributed by atoms with van der Waals surface area (Å²) in [6, 6.07) is 4.75. The zero-order valence-corrected chi connectivity index (χ0v) is 11.8. The number of hydrogen-bond donors (Lipinski definition) is 2. The molecule has 19 heavy (non-hydrogen) atoms. The third kappa shape index (κ3) is 3.06. The Labute approximate surface area is 118 Å². The number of aliphatic hydroxyl groups is 1. The summed E-state index contributed by atoms with van der Waals surface area (Å²) in [6.07, 6.45) is 0. The first-order valence-electron chi connectivity index (χ1n) is 5.09. The van der Waals surface area contributed by atoms with Gasteiger partial charge in [-0.25, -0.2) is 12.8 Å². The fraction of sp³-hybridized carbons (Fsp3) is 0.0909. The van der Waals surface area contributed by atoms with E-state index in [1.807, 2.05) is 0 Å². The lowest BCUT2D eigenvalue weighted by Crippen LogP contribution is -2.14. The van der Waals surface area contributed by atoms with Crippen LogP contribution >= 0.6 is 22.9 Å². The highest BCUT2D eigenvalue weighted by molar-refractivity contribution is 7.93. The first-order chi connectivity index (χ1) is 8.94. The van der Waals surface area contributed by atoms with Crippen LogP contribution in [0.2, 0.25) is 5.02 Å². The van der Waals surface area contributed by atoms with Gasteiger partial charge in [-0.3, -0.25) is 4.72 Å². The molecule has 2 rings (SSSR count). The minimum Gasteiger partial charge on any atom is -0.391 e. The van der Waals surface area contributed by atoms with Crippen LogP contribution < -0.4 is 4.72 Å². The van der Waals surface area contributed by atoms with Crippen LogP contribution in [0.3, 0.4) is 0 Å². The van der Waals surface area contributed by atoms with Crippen molar-refractivity contribution in [2.45, 2.75) is 11.5 Å². The minimum atomic E-state index is -3.90. The van der Waals surface area contributed by atoms with Crippen LogP contribution in [0.25, 0.3) is 0 Å². The van der Waals surface area contributed by atoms with E-state index in [0.717, 1.165) is 23.5 Å². The Bertz CT molecular complexity index is 700. The van der Waals surface area contributed by atoms with Crippen LogP contribution in [0.5, 0.6) is 0 Å². The Morgan fingerprint density at radius 3 is 2.79 bits per heavy atom. The number of halogens is 2. The summed E-state index contributed by atoms with van der Waals surface area (Å²) in [4.78, 5) is 0.264. The highest BCUT2D eigenvalue weighted by Gasteiger charge is 2.20. The van der Waals surface area contributed by atoms with Gasteiger partial charge < -0.3 is 5.11 Å². The molecule has 4 nitrogen and oxygen atoms in total. The molecule has 0 spiro atoms. The molecular formula is C11H9ClFNO3S2. The van der Waals surface area contributed by atoms with E-state index in [1.54, 1.807) is 5.38 Å². The van der Waals surface area contributed by atoms with E-state index in [9.17, 15) is 12.8 Å². The van der Waals surface area contributed by atoms with E-state index in [4.69, 9.17) is 16.7 Å². The lowest BCUT2D eigenvalue weighted by atomic mass is 10.3. The van der Waals surface area contributed by atoms with Crippen LogP contribution in [0.15, 0.2) is 34.5 Å². The standard InChI is InChI=1S/C11H9ClFNO3S2/c12-8-2-1-7(13)5-9(8)14-19(16,17)11-3-4-18-10(11)6-15/h1-5,14-15H,6H2. The summed E-state index contributed by atoms with van der Waals surface area (Å²) in [5.74, 6) is -0.602. The molecule has 1 heterocycles. The van der Waals surface area contributed by atoms with Gasteiger partial charge in [0.1, 0.15) is 10.7 Å². The predicted molar refractivity (Wildman–Crippen MR) is 72.5 cm³/mol. The maximum absolute atomic E-state index is 13.1. The van der Waals surface area contributed by atoms with Crippen molar-refractivity contribution in [1.29, 1.82) is 0 Å². The maximum atomic E-state index is 13.1. The quantitative estimate of drug-likeness (QED) is 0.910. The Balaban J connectivity index is 2.39. The van der Waals surface area contributed by atoms with Crippen LogP contribution in [-0.4, -0.2) is 13.5 Å². The number of aliphatic hydroxyl groups excluding tert-OH is 1. The highest BCUT2D eigenvalue weighted by Crippen LogP contribution is 2.28. The van der Waals surface area contributed by atoms with Crippen molar-refractivity contribution in [1.82, 2.24) is 0 Å². The average molecular weight is 322 g/mol. The second kappa shape index (κ2) is 5.46. The van der Waals surface area contributed by atoms with Gasteiger partial charge in [0.2, 0.25) is 0 Å². The molecule has 0 atom stereocenters. The zero-order chi connectivity index (χ0) is 14.0. The topological polar surface area (TPSA) is 66.4 Å². The number of anilines is 1. The molecule has 0 fully saturated rings. The molecule has 1 aromatic carbocycles. The molecule has 0 amide bonds. The SMILES string of the molecule is O=S(=O)(Nc1cc(F)ccc1Cl)c1ccsc1CO. The molecule has 2 aromatic rings. The van der Waals surface area contributed by atoms with Gasteiger partial charge in [-0.05, 0) is 29.6 Å². The first kappa shape index (κ1) is 14.3. The molecular weight excluding hydrogens is 313 g/mol. The molecule has 0 aliphatic rings. The summed E-state index contributed by atoms with van der Waals surface area (Å²) < 4.78 is 39.5. The number of hydrogen-bond acceptors (Lipinski definition) is 4. The Morgan fingerprint density at radius 2 is 2.11 bits per heavy atom. The van der Waals surface area contributed by atoms with Crippen molar-refractivity contribution in [2.75, 3.05) is 4.72 Å². The molecule has 102 valence electrons. The van der Waals surface area contributed by atoms with E-state index >= 15 is 0 Å². The predicted octanol–water partition coefficient (Wildman–Crippen LogP) is 2.83. The van der Waals surface area contributed by atoms with Gasteiger partial charge in [0.05, 0.1) is 22.2 Å². The monoisotopic (exact) mass is 321 g/mol. The fourth-order valence-electron chi connectivity index (χ4n) is 1.46. The second-order valence-electron chi connectivity index (χ2n) is 3.60. The van der Waals surface area contributed by atoms with Gasteiger partial charge in [-0.2, -0.15) is 0 Å². The number of benzene rings is 1. The van der Waals surface area contributed by atoms with Crippen molar-refractivity contribution in [3.63, 3.8) is 0 Å². The molecule has 8 heteroatoms. The van der Waals surface area contributed by atoms with Gasteiger partial charge >= 0.3 is 0 Å². The molecule has 0 aliphatic carbocycles. The molecule has 2 N–H and O–H groups in total. The molecule has 0 bridgehead atoms. The molecule has 0 saturated carbocycles. The maximum Gasteiger partial charge on any atom is 0.263 e. The van der Waals surface area contributed by atoms with Gasteiger partial charge in [-0.15, -0.1) is 11.3 Å². The van der Waals surface area contributed by atoms with E-state index < -0.39 is 15.8 Å². The van der Waals surface area contributed by atoms with Crippen LogP contribution in [0, 0.1) is 5.82 Å². The summed E-state index contributed by atoms with van der Waals surface area (Å²) in [7, 11) is -3.90. The van der Waals surface area contributed by atoms with Crippen LogP contribution in [0.1, 0.15) is 4.88 Å². The van der Waals surface area contributed by atoms with Gasteiger partial charge in [-0.1, -0.05) is 11.6 Å². The minimum absolute atomic E-state index is 0.0414. The third-order valence-electron chi connectivity index (χ3n) is 2.31. The van der Waals surface area contributed by atoms with Crippen molar-refractivity contribution >= 4 is 38.6 Å². The Kier molecular flexibility index (Phi) is 4.10. The normalized spacial score (nSPS) is 11.5. The largest absolute Gasteiger partial charge is 0.391 e. The lowest BCUT2D eigenvalue weighted by Gasteiger charge is -2.09. The fourth-order valence-corrected chi connectivity index (χ4v) is 4.05. The van der Waals surface area contributed by atoms with Crippen molar-refractivity contribution in [3.05, 3.63) is 45.4 Å². The van der Waals surface area contributed by atoms with Gasteiger partial charge in [0.15, 0.2) is 0 Å². The summed E-state index contributed by atoms with van der Waals surface area (Å²) >= 11 is 6.92. The number of nitrogens with one attached hydrogen (secondary N) is 1. The Hall–Kier alpha value is -1.15. The van der Waals surface area contributed by atoms with Crippen molar-refractivity contribution in [3.8, 4) is 0 Å². The van der Waals surface area contributed by atoms with E-state index in [1.165, 1.54) is 12.1 Å². The molecule has 0 unspecified atom stereocenters. The van der Waals surface area contributed by atoms with E-state index in [0.29, 0.717) is 4.88 Å². The summed E-state index contributed by atoms with van der Waals surface area (Å²) in [5.41, 5.74) is -0.0447. The van der Waals surface area contributed by atoms with Crippen LogP contribution in [-0.2, 0) is 16.6 Å². The Morgan fingerprint density at radius 1 is 1.37 bits per heavy atom. The van der Waals surface area contributed by atoms with Crippen LogP contribution in [0.4, 0.5) is 10.1 Å². The van der Waals surface area contributed by atoms with Crippen molar-refractivity contribution in [2.24, 2.45) is 0 Å². The van der Waals surface area contributed by atoms with Gasteiger partial charge in [0.25, 0.3) is 10.0 Å². The molecule has 0 radical (unpaired) electrons. The first-order valence-corrected chi connectivity index (χ1v) is 7.83.